The monoisotopic (exact) mass is 231 g/mol. The van der Waals surface area contributed by atoms with Gasteiger partial charge in [-0.1, -0.05) is 30.3 Å². The Bertz CT molecular complexity index is 453. The van der Waals surface area contributed by atoms with Crippen LogP contribution in [0.15, 0.2) is 42.7 Å². The van der Waals surface area contributed by atoms with Gasteiger partial charge in [-0.3, -0.25) is 0 Å². The summed E-state index contributed by atoms with van der Waals surface area (Å²) in [6.45, 7) is 1.18. The summed E-state index contributed by atoms with van der Waals surface area (Å²) in [4.78, 5) is 4.20. The van der Waals surface area contributed by atoms with E-state index in [1.54, 1.807) is 6.20 Å². The maximum absolute atomic E-state index is 9.93. The second-order valence-electron chi connectivity index (χ2n) is 4.01. The lowest BCUT2D eigenvalue weighted by atomic mass is 10.1. The minimum atomic E-state index is -0.475. The number of hydrogen-bond acceptors (Lipinski definition) is 3. The fourth-order valence-electron chi connectivity index (χ4n) is 1.68. The highest BCUT2D eigenvalue weighted by atomic mass is 16.3. The average molecular weight is 231 g/mol. The highest BCUT2D eigenvalue weighted by Crippen LogP contribution is 2.10. The standard InChI is InChI=1S/C13H17N3O/c1-16-8-7-15-13(16)10-14-9-12(17)11-5-3-2-4-6-11/h2-8,12,14,17H,9-10H2,1H3. The Hall–Kier alpha value is -1.65. The molecule has 0 radical (unpaired) electrons. The van der Waals surface area contributed by atoms with Crippen LogP contribution in [-0.4, -0.2) is 21.2 Å². The van der Waals surface area contributed by atoms with Gasteiger partial charge in [-0.15, -0.1) is 0 Å². The molecule has 2 N–H and O–H groups in total. The summed E-state index contributed by atoms with van der Waals surface area (Å²) >= 11 is 0. The molecule has 0 amide bonds. The summed E-state index contributed by atoms with van der Waals surface area (Å²) < 4.78 is 1.96. The van der Waals surface area contributed by atoms with E-state index in [-0.39, 0.29) is 0 Å². The first-order valence-corrected chi connectivity index (χ1v) is 5.67. The highest BCUT2D eigenvalue weighted by molar-refractivity contribution is 5.17. The third kappa shape index (κ3) is 3.15. The van der Waals surface area contributed by atoms with Crippen LogP contribution in [0, 0.1) is 0 Å². The molecular weight excluding hydrogens is 214 g/mol. The van der Waals surface area contributed by atoms with E-state index in [0.717, 1.165) is 11.4 Å². The number of hydrogen-bond donors (Lipinski definition) is 2. The van der Waals surface area contributed by atoms with Crippen molar-refractivity contribution in [2.75, 3.05) is 6.54 Å². The van der Waals surface area contributed by atoms with E-state index >= 15 is 0 Å². The molecule has 0 bridgehead atoms. The van der Waals surface area contributed by atoms with Crippen molar-refractivity contribution in [2.24, 2.45) is 7.05 Å². The van der Waals surface area contributed by atoms with E-state index in [9.17, 15) is 5.11 Å². The first-order valence-electron chi connectivity index (χ1n) is 5.67. The van der Waals surface area contributed by atoms with Crippen molar-refractivity contribution in [2.45, 2.75) is 12.6 Å². The van der Waals surface area contributed by atoms with Crippen LogP contribution >= 0.6 is 0 Å². The molecule has 0 fully saturated rings. The van der Waals surface area contributed by atoms with Gasteiger partial charge in [-0.2, -0.15) is 0 Å². The summed E-state index contributed by atoms with van der Waals surface area (Å²) in [5, 5.41) is 13.1. The van der Waals surface area contributed by atoms with Crippen molar-refractivity contribution in [3.05, 3.63) is 54.1 Å². The molecule has 0 saturated heterocycles. The molecule has 0 aliphatic rings. The van der Waals surface area contributed by atoms with Crippen molar-refractivity contribution < 1.29 is 5.11 Å². The number of aryl methyl sites for hydroxylation is 1. The van der Waals surface area contributed by atoms with Crippen molar-refractivity contribution in [1.29, 1.82) is 0 Å². The van der Waals surface area contributed by atoms with Gasteiger partial charge in [0.15, 0.2) is 0 Å². The zero-order chi connectivity index (χ0) is 12.1. The second-order valence-corrected chi connectivity index (χ2v) is 4.01. The third-order valence-corrected chi connectivity index (χ3v) is 2.73. The number of benzene rings is 1. The molecule has 17 heavy (non-hydrogen) atoms. The van der Waals surface area contributed by atoms with Crippen molar-refractivity contribution in [1.82, 2.24) is 14.9 Å². The van der Waals surface area contributed by atoms with Crippen LogP contribution in [-0.2, 0) is 13.6 Å². The predicted octanol–water partition coefficient (Wildman–Crippen LogP) is 1.24. The van der Waals surface area contributed by atoms with Crippen LogP contribution < -0.4 is 5.32 Å². The minimum Gasteiger partial charge on any atom is -0.387 e. The maximum Gasteiger partial charge on any atom is 0.122 e. The van der Waals surface area contributed by atoms with E-state index in [4.69, 9.17) is 0 Å². The van der Waals surface area contributed by atoms with Crippen LogP contribution in [0.4, 0.5) is 0 Å². The largest absolute Gasteiger partial charge is 0.387 e. The van der Waals surface area contributed by atoms with Gasteiger partial charge in [0.1, 0.15) is 5.82 Å². The van der Waals surface area contributed by atoms with E-state index in [1.807, 2.05) is 48.1 Å². The quantitative estimate of drug-likeness (QED) is 0.814. The maximum atomic E-state index is 9.93. The number of aliphatic hydroxyl groups is 1. The Labute approximate surface area is 101 Å². The molecule has 1 unspecified atom stereocenters. The molecular formula is C13H17N3O. The zero-order valence-corrected chi connectivity index (χ0v) is 9.87. The molecule has 2 rings (SSSR count). The van der Waals surface area contributed by atoms with Gasteiger partial charge >= 0.3 is 0 Å². The van der Waals surface area contributed by atoms with Crippen LogP contribution in [0.2, 0.25) is 0 Å². The van der Waals surface area contributed by atoms with Gasteiger partial charge in [0.05, 0.1) is 12.6 Å². The molecule has 1 aromatic carbocycles. The fraction of sp³-hybridized carbons (Fsp3) is 0.308. The zero-order valence-electron chi connectivity index (χ0n) is 9.87. The Morgan fingerprint density at radius 1 is 1.35 bits per heavy atom. The van der Waals surface area contributed by atoms with E-state index < -0.39 is 6.10 Å². The van der Waals surface area contributed by atoms with Crippen LogP contribution in [0.3, 0.4) is 0 Å². The number of aliphatic hydroxyl groups excluding tert-OH is 1. The molecule has 1 aromatic heterocycles. The molecule has 0 spiro atoms. The van der Waals surface area contributed by atoms with E-state index in [0.29, 0.717) is 13.1 Å². The number of rotatable bonds is 5. The molecule has 0 saturated carbocycles. The summed E-state index contributed by atoms with van der Waals surface area (Å²) in [5.74, 6) is 0.963. The summed E-state index contributed by atoms with van der Waals surface area (Å²) in [6, 6.07) is 9.65. The predicted molar refractivity (Wildman–Crippen MR) is 66.3 cm³/mol. The number of nitrogens with one attached hydrogen (secondary N) is 1. The fourth-order valence-corrected chi connectivity index (χ4v) is 1.68. The minimum absolute atomic E-state index is 0.475. The summed E-state index contributed by atoms with van der Waals surface area (Å²) in [7, 11) is 1.96. The molecule has 1 atom stereocenters. The Balaban J connectivity index is 1.81. The second kappa shape index (κ2) is 5.61. The number of imidazole rings is 1. The number of aromatic nitrogens is 2. The summed E-state index contributed by atoms with van der Waals surface area (Å²) in [5.41, 5.74) is 0.930. The van der Waals surface area contributed by atoms with Gasteiger partial charge in [-0.05, 0) is 5.56 Å². The average Bonchev–Trinajstić information content (AvgIpc) is 2.76. The molecule has 4 heteroatoms. The molecule has 0 aliphatic carbocycles. The van der Waals surface area contributed by atoms with E-state index in [1.165, 1.54) is 0 Å². The van der Waals surface area contributed by atoms with Crippen molar-refractivity contribution >= 4 is 0 Å². The Kier molecular flexibility index (Phi) is 3.90. The number of nitrogens with zero attached hydrogens (tertiary/aromatic N) is 2. The SMILES string of the molecule is Cn1ccnc1CNCC(O)c1ccccc1. The van der Waals surface area contributed by atoms with Gasteiger partial charge in [0, 0.05) is 26.0 Å². The molecule has 1 heterocycles. The smallest absolute Gasteiger partial charge is 0.122 e. The van der Waals surface area contributed by atoms with E-state index in [2.05, 4.69) is 10.3 Å². The third-order valence-electron chi connectivity index (χ3n) is 2.73. The van der Waals surface area contributed by atoms with Crippen LogP contribution in [0.1, 0.15) is 17.5 Å². The Morgan fingerprint density at radius 3 is 2.76 bits per heavy atom. The molecule has 2 aromatic rings. The van der Waals surface area contributed by atoms with Crippen LogP contribution in [0.5, 0.6) is 0 Å². The first-order chi connectivity index (χ1) is 8.27. The normalized spacial score (nSPS) is 12.6. The lowest BCUT2D eigenvalue weighted by Crippen LogP contribution is -2.22. The Morgan fingerprint density at radius 2 is 2.12 bits per heavy atom. The van der Waals surface area contributed by atoms with Crippen molar-refractivity contribution in [3.8, 4) is 0 Å². The van der Waals surface area contributed by atoms with Crippen molar-refractivity contribution in [3.63, 3.8) is 0 Å². The van der Waals surface area contributed by atoms with Gasteiger partial charge < -0.3 is 15.0 Å². The first kappa shape index (κ1) is 11.8. The summed E-state index contributed by atoms with van der Waals surface area (Å²) in [6.07, 6.45) is 3.20. The molecule has 90 valence electrons. The molecule has 4 nitrogen and oxygen atoms in total. The van der Waals surface area contributed by atoms with Crippen LogP contribution in [0.25, 0.3) is 0 Å². The van der Waals surface area contributed by atoms with Gasteiger partial charge in [0.25, 0.3) is 0 Å². The lowest BCUT2D eigenvalue weighted by molar-refractivity contribution is 0.174. The topological polar surface area (TPSA) is 50.1 Å². The lowest BCUT2D eigenvalue weighted by Gasteiger charge is -2.11. The van der Waals surface area contributed by atoms with Gasteiger partial charge in [-0.25, -0.2) is 4.98 Å². The van der Waals surface area contributed by atoms with Gasteiger partial charge in [0.2, 0.25) is 0 Å². The molecule has 0 aliphatic heterocycles. The highest BCUT2D eigenvalue weighted by Gasteiger charge is 2.06.